The van der Waals surface area contributed by atoms with Gasteiger partial charge in [-0.1, -0.05) is 20.3 Å². The van der Waals surface area contributed by atoms with Gasteiger partial charge in [-0.2, -0.15) is 0 Å². The lowest BCUT2D eigenvalue weighted by Crippen LogP contribution is -2.51. The van der Waals surface area contributed by atoms with Crippen molar-refractivity contribution in [3.63, 3.8) is 0 Å². The molecule has 1 aliphatic rings. The number of hydrogen-bond acceptors (Lipinski definition) is 2. The van der Waals surface area contributed by atoms with Gasteiger partial charge >= 0.3 is 0 Å². The van der Waals surface area contributed by atoms with E-state index in [4.69, 9.17) is 5.73 Å². The minimum absolute atomic E-state index is 0.150. The molecule has 1 unspecified atom stereocenters. The van der Waals surface area contributed by atoms with Crippen molar-refractivity contribution in [2.45, 2.75) is 58.5 Å². The Balaban J connectivity index is 2.57. The van der Waals surface area contributed by atoms with E-state index in [-0.39, 0.29) is 17.9 Å². The molecule has 0 aromatic rings. The highest BCUT2D eigenvalue weighted by atomic mass is 16.2. The minimum Gasteiger partial charge on any atom is -0.339 e. The van der Waals surface area contributed by atoms with Crippen LogP contribution in [0.15, 0.2) is 0 Å². The van der Waals surface area contributed by atoms with Gasteiger partial charge in [0.25, 0.3) is 0 Å². The van der Waals surface area contributed by atoms with Gasteiger partial charge in [0, 0.05) is 12.6 Å². The maximum absolute atomic E-state index is 12.1. The van der Waals surface area contributed by atoms with Gasteiger partial charge < -0.3 is 10.6 Å². The first-order valence-electron chi connectivity index (χ1n) is 6.14. The molecule has 1 saturated heterocycles. The van der Waals surface area contributed by atoms with Crippen LogP contribution in [-0.2, 0) is 4.79 Å². The summed E-state index contributed by atoms with van der Waals surface area (Å²) in [7, 11) is 0. The standard InChI is InChI=1S/C12H24N2O/c1-4-9(2)11(13)12(15)14-8-6-5-7-10(14)3/h9-11H,4-8,13H2,1-3H3/t9-,10?,11-/m0/s1. The Hall–Kier alpha value is -0.570. The van der Waals surface area contributed by atoms with E-state index in [1.54, 1.807) is 0 Å². The first kappa shape index (κ1) is 12.5. The summed E-state index contributed by atoms with van der Waals surface area (Å²) < 4.78 is 0. The Morgan fingerprint density at radius 2 is 2.20 bits per heavy atom. The molecule has 0 spiro atoms. The summed E-state index contributed by atoms with van der Waals surface area (Å²) in [5.41, 5.74) is 5.97. The zero-order valence-corrected chi connectivity index (χ0v) is 10.2. The molecular weight excluding hydrogens is 188 g/mol. The molecule has 0 radical (unpaired) electrons. The van der Waals surface area contributed by atoms with Crippen LogP contribution in [0.4, 0.5) is 0 Å². The Kier molecular flexibility index (Phi) is 4.58. The molecular formula is C12H24N2O. The average molecular weight is 212 g/mol. The van der Waals surface area contributed by atoms with Crippen LogP contribution in [0.25, 0.3) is 0 Å². The lowest BCUT2D eigenvalue weighted by atomic mass is 9.96. The highest BCUT2D eigenvalue weighted by molar-refractivity contribution is 5.82. The number of carbonyl (C=O) groups excluding carboxylic acids is 1. The van der Waals surface area contributed by atoms with Crippen molar-refractivity contribution in [2.24, 2.45) is 11.7 Å². The van der Waals surface area contributed by atoms with Crippen LogP contribution in [0, 0.1) is 5.92 Å². The number of piperidine rings is 1. The van der Waals surface area contributed by atoms with Crippen LogP contribution in [0.3, 0.4) is 0 Å². The van der Waals surface area contributed by atoms with Crippen molar-refractivity contribution >= 4 is 5.91 Å². The molecule has 3 atom stereocenters. The quantitative estimate of drug-likeness (QED) is 0.775. The molecule has 88 valence electrons. The van der Waals surface area contributed by atoms with Gasteiger partial charge in [0.15, 0.2) is 0 Å². The number of carbonyl (C=O) groups is 1. The molecule has 0 aliphatic carbocycles. The third-order valence-electron chi connectivity index (χ3n) is 3.63. The number of nitrogens with zero attached hydrogens (tertiary/aromatic N) is 1. The zero-order valence-electron chi connectivity index (χ0n) is 10.2. The van der Waals surface area contributed by atoms with Crippen LogP contribution in [0.2, 0.25) is 0 Å². The van der Waals surface area contributed by atoms with E-state index >= 15 is 0 Å². The smallest absolute Gasteiger partial charge is 0.239 e. The summed E-state index contributed by atoms with van der Waals surface area (Å²) in [4.78, 5) is 14.1. The number of hydrogen-bond donors (Lipinski definition) is 1. The van der Waals surface area contributed by atoms with Gasteiger partial charge in [-0.25, -0.2) is 0 Å². The molecule has 1 aliphatic heterocycles. The van der Waals surface area contributed by atoms with Gasteiger partial charge in [0.2, 0.25) is 5.91 Å². The normalized spacial score (nSPS) is 26.1. The summed E-state index contributed by atoms with van der Waals surface area (Å²) in [6.45, 7) is 7.15. The van der Waals surface area contributed by atoms with Gasteiger partial charge in [0.05, 0.1) is 6.04 Å². The average Bonchev–Trinajstić information content (AvgIpc) is 2.26. The molecule has 0 saturated carbocycles. The van der Waals surface area contributed by atoms with Crippen LogP contribution in [-0.4, -0.2) is 29.4 Å². The Labute approximate surface area is 93.0 Å². The third kappa shape index (κ3) is 2.94. The van der Waals surface area contributed by atoms with Crippen LogP contribution in [0.1, 0.15) is 46.5 Å². The molecule has 1 amide bonds. The molecule has 3 heteroatoms. The fourth-order valence-corrected chi connectivity index (χ4v) is 2.11. The lowest BCUT2D eigenvalue weighted by Gasteiger charge is -2.36. The predicted octanol–water partition coefficient (Wildman–Crippen LogP) is 1.76. The fourth-order valence-electron chi connectivity index (χ4n) is 2.11. The summed E-state index contributed by atoms with van der Waals surface area (Å²) in [6, 6.07) is 0.0666. The maximum atomic E-state index is 12.1. The molecule has 3 nitrogen and oxygen atoms in total. The SMILES string of the molecule is CC[C@H](C)[C@H](N)C(=O)N1CCCCC1C. The summed E-state index contributed by atoms with van der Waals surface area (Å²) >= 11 is 0. The second-order valence-corrected chi connectivity index (χ2v) is 4.79. The molecule has 15 heavy (non-hydrogen) atoms. The number of likely N-dealkylation sites (tertiary alicyclic amines) is 1. The molecule has 0 aromatic heterocycles. The van der Waals surface area contributed by atoms with E-state index in [1.807, 2.05) is 4.90 Å². The van der Waals surface area contributed by atoms with E-state index in [0.29, 0.717) is 6.04 Å². The number of nitrogens with two attached hydrogens (primary N) is 1. The number of amides is 1. The van der Waals surface area contributed by atoms with Gasteiger partial charge in [-0.15, -0.1) is 0 Å². The van der Waals surface area contributed by atoms with E-state index in [9.17, 15) is 4.79 Å². The molecule has 0 aromatic carbocycles. The Morgan fingerprint density at radius 1 is 1.53 bits per heavy atom. The zero-order chi connectivity index (χ0) is 11.4. The maximum Gasteiger partial charge on any atom is 0.239 e. The summed E-state index contributed by atoms with van der Waals surface area (Å²) in [5.74, 6) is 0.433. The van der Waals surface area contributed by atoms with Crippen molar-refractivity contribution in [1.29, 1.82) is 0 Å². The van der Waals surface area contributed by atoms with Gasteiger partial charge in [-0.3, -0.25) is 4.79 Å². The van der Waals surface area contributed by atoms with Crippen LogP contribution < -0.4 is 5.73 Å². The largest absolute Gasteiger partial charge is 0.339 e. The summed E-state index contributed by atoms with van der Waals surface area (Å²) in [6.07, 6.45) is 4.46. The van der Waals surface area contributed by atoms with E-state index < -0.39 is 0 Å². The van der Waals surface area contributed by atoms with E-state index in [1.165, 1.54) is 6.42 Å². The van der Waals surface area contributed by atoms with Gasteiger partial charge in [-0.05, 0) is 32.1 Å². The molecule has 2 N–H and O–H groups in total. The first-order valence-corrected chi connectivity index (χ1v) is 6.14. The third-order valence-corrected chi connectivity index (χ3v) is 3.63. The molecule has 0 bridgehead atoms. The van der Waals surface area contributed by atoms with Crippen molar-refractivity contribution in [3.05, 3.63) is 0 Å². The first-order chi connectivity index (χ1) is 7.07. The van der Waals surface area contributed by atoms with Crippen LogP contribution in [0.5, 0.6) is 0 Å². The minimum atomic E-state index is -0.310. The second-order valence-electron chi connectivity index (χ2n) is 4.79. The van der Waals surface area contributed by atoms with Crippen molar-refractivity contribution in [3.8, 4) is 0 Å². The van der Waals surface area contributed by atoms with Crippen LogP contribution >= 0.6 is 0 Å². The highest BCUT2D eigenvalue weighted by Gasteiger charge is 2.29. The molecule has 1 fully saturated rings. The van der Waals surface area contributed by atoms with E-state index in [2.05, 4.69) is 20.8 Å². The van der Waals surface area contributed by atoms with E-state index in [0.717, 1.165) is 25.8 Å². The van der Waals surface area contributed by atoms with Crippen molar-refractivity contribution in [2.75, 3.05) is 6.54 Å². The van der Waals surface area contributed by atoms with Gasteiger partial charge in [0.1, 0.15) is 0 Å². The van der Waals surface area contributed by atoms with Crippen molar-refractivity contribution in [1.82, 2.24) is 4.90 Å². The van der Waals surface area contributed by atoms with Crippen molar-refractivity contribution < 1.29 is 4.79 Å². The highest BCUT2D eigenvalue weighted by Crippen LogP contribution is 2.19. The Bertz CT molecular complexity index is 218. The fraction of sp³-hybridized carbons (Fsp3) is 0.917. The summed E-state index contributed by atoms with van der Waals surface area (Å²) in [5, 5.41) is 0. The lowest BCUT2D eigenvalue weighted by molar-refractivity contribution is -0.137. The molecule has 1 rings (SSSR count). The second kappa shape index (κ2) is 5.50. The predicted molar refractivity (Wildman–Crippen MR) is 62.5 cm³/mol. The number of rotatable bonds is 3. The topological polar surface area (TPSA) is 46.3 Å². The molecule has 1 heterocycles. The Morgan fingerprint density at radius 3 is 2.73 bits per heavy atom. The monoisotopic (exact) mass is 212 g/mol.